The number of aromatic amines is 1. The van der Waals surface area contributed by atoms with Gasteiger partial charge in [0, 0.05) is 13.0 Å². The summed E-state index contributed by atoms with van der Waals surface area (Å²) in [6.45, 7) is -0.881. The van der Waals surface area contributed by atoms with Crippen molar-refractivity contribution >= 4 is 15.9 Å². The van der Waals surface area contributed by atoms with Crippen molar-refractivity contribution in [1.29, 1.82) is 0 Å². The molecule has 1 aromatic carbocycles. The van der Waals surface area contributed by atoms with E-state index in [0.717, 1.165) is 30.5 Å². The number of sulfonamides is 1. The molecule has 2 aromatic heterocycles. The number of nitrogens with one attached hydrogen (secondary N) is 2. The van der Waals surface area contributed by atoms with Crippen molar-refractivity contribution in [2.45, 2.75) is 36.3 Å². The van der Waals surface area contributed by atoms with Gasteiger partial charge in [0.15, 0.2) is 5.69 Å². The molecule has 37 heavy (non-hydrogen) atoms. The van der Waals surface area contributed by atoms with Crippen LogP contribution < -0.4 is 10.1 Å². The minimum absolute atomic E-state index is 0.0115. The van der Waals surface area contributed by atoms with Crippen LogP contribution in [0.3, 0.4) is 0 Å². The summed E-state index contributed by atoms with van der Waals surface area (Å²) in [6, 6.07) is 2.48. The standard InChI is InChI=1S/C21H19F5N6O4S/c1-36-20-14(18(30-31-20)15-8-28-17(9-27-15)21(24,25)26)7-29-19(33)16-6-12(23)10-32(16)37(34,35)13-4-2-11(22)3-5-13/h2-5,8-9,12,16H,6-7,10H2,1H3,(H,29,33)(H,30,31)/t12-,16+/m1/s1. The van der Waals surface area contributed by atoms with E-state index >= 15 is 0 Å². The third kappa shape index (κ3) is 5.39. The Morgan fingerprint density at radius 3 is 2.51 bits per heavy atom. The van der Waals surface area contributed by atoms with E-state index in [1.54, 1.807) is 0 Å². The second kappa shape index (κ2) is 10.0. The van der Waals surface area contributed by atoms with Gasteiger partial charge in [-0.05, 0) is 24.3 Å². The fourth-order valence-electron chi connectivity index (χ4n) is 3.79. The van der Waals surface area contributed by atoms with Crippen molar-refractivity contribution in [1.82, 2.24) is 29.8 Å². The van der Waals surface area contributed by atoms with Gasteiger partial charge in [-0.2, -0.15) is 17.5 Å². The molecule has 0 aliphatic carbocycles. The van der Waals surface area contributed by atoms with Crippen molar-refractivity contribution in [3.8, 4) is 17.3 Å². The summed E-state index contributed by atoms with van der Waals surface area (Å²) >= 11 is 0. The first kappa shape index (κ1) is 26.4. The highest BCUT2D eigenvalue weighted by Crippen LogP contribution is 2.31. The van der Waals surface area contributed by atoms with Gasteiger partial charge in [0.05, 0.1) is 42.2 Å². The molecular formula is C21H19F5N6O4S. The number of halogens is 5. The Hall–Kier alpha value is -3.66. The molecule has 0 bridgehead atoms. The van der Waals surface area contributed by atoms with Crippen molar-refractivity contribution in [3.05, 3.63) is 53.7 Å². The van der Waals surface area contributed by atoms with E-state index < -0.39 is 58.8 Å². The van der Waals surface area contributed by atoms with Gasteiger partial charge >= 0.3 is 6.18 Å². The van der Waals surface area contributed by atoms with Gasteiger partial charge < -0.3 is 10.1 Å². The Balaban J connectivity index is 1.55. The normalized spacial score (nSPS) is 18.6. The van der Waals surface area contributed by atoms with Gasteiger partial charge in [-0.25, -0.2) is 22.2 Å². The average molecular weight is 546 g/mol. The lowest BCUT2D eigenvalue weighted by molar-refractivity contribution is -0.141. The highest BCUT2D eigenvalue weighted by atomic mass is 32.2. The van der Waals surface area contributed by atoms with E-state index in [0.29, 0.717) is 10.5 Å². The molecule has 16 heteroatoms. The first-order chi connectivity index (χ1) is 17.4. The molecule has 1 aliphatic heterocycles. The molecule has 4 rings (SSSR count). The van der Waals surface area contributed by atoms with E-state index in [1.807, 2.05) is 0 Å². The zero-order valence-electron chi connectivity index (χ0n) is 19.0. The molecule has 1 amide bonds. The third-order valence-electron chi connectivity index (χ3n) is 5.59. The molecule has 10 nitrogen and oxygen atoms in total. The third-order valence-corrected chi connectivity index (χ3v) is 7.48. The zero-order chi connectivity index (χ0) is 27.0. The van der Waals surface area contributed by atoms with Gasteiger partial charge in [-0.3, -0.25) is 14.9 Å². The predicted octanol–water partition coefficient (Wildman–Crippen LogP) is 2.45. The van der Waals surface area contributed by atoms with Crippen LogP contribution >= 0.6 is 0 Å². The predicted molar refractivity (Wildman–Crippen MR) is 117 cm³/mol. The molecule has 0 radical (unpaired) electrons. The van der Waals surface area contributed by atoms with Crippen LogP contribution in [0.4, 0.5) is 22.0 Å². The van der Waals surface area contributed by atoms with Gasteiger partial charge in [-0.1, -0.05) is 0 Å². The van der Waals surface area contributed by atoms with Crippen molar-refractivity contribution in [2.24, 2.45) is 0 Å². The Kier molecular flexibility index (Phi) is 7.14. The van der Waals surface area contributed by atoms with Crippen molar-refractivity contribution < 1.29 is 39.9 Å². The molecule has 0 spiro atoms. The summed E-state index contributed by atoms with van der Waals surface area (Å²) < 4.78 is 97.7. The fourth-order valence-corrected chi connectivity index (χ4v) is 5.42. The molecule has 0 saturated carbocycles. The van der Waals surface area contributed by atoms with Crippen LogP contribution in [0.5, 0.6) is 5.88 Å². The number of amides is 1. The summed E-state index contributed by atoms with van der Waals surface area (Å²) in [6.07, 6.45) is -5.32. The maximum absolute atomic E-state index is 14.3. The largest absolute Gasteiger partial charge is 0.480 e. The van der Waals surface area contributed by atoms with E-state index in [4.69, 9.17) is 4.74 Å². The summed E-state index contributed by atoms with van der Waals surface area (Å²) in [5, 5.41) is 8.93. The first-order valence-electron chi connectivity index (χ1n) is 10.6. The van der Waals surface area contributed by atoms with Crippen LogP contribution in [0.15, 0.2) is 41.6 Å². The second-order valence-electron chi connectivity index (χ2n) is 7.97. The Morgan fingerprint density at radius 2 is 1.92 bits per heavy atom. The number of ether oxygens (including phenoxy) is 1. The van der Waals surface area contributed by atoms with Crippen LogP contribution in [-0.2, 0) is 27.5 Å². The fraction of sp³-hybridized carbons (Fsp3) is 0.333. The van der Waals surface area contributed by atoms with Crippen molar-refractivity contribution in [2.75, 3.05) is 13.7 Å². The lowest BCUT2D eigenvalue weighted by Gasteiger charge is -2.23. The molecule has 1 aliphatic rings. The van der Waals surface area contributed by atoms with E-state index in [1.165, 1.54) is 7.11 Å². The first-order valence-corrected chi connectivity index (χ1v) is 12.1. The van der Waals surface area contributed by atoms with E-state index in [-0.39, 0.29) is 34.3 Å². The van der Waals surface area contributed by atoms with Crippen LogP contribution in [0.25, 0.3) is 11.4 Å². The lowest BCUT2D eigenvalue weighted by atomic mass is 10.1. The van der Waals surface area contributed by atoms with Crippen molar-refractivity contribution in [3.63, 3.8) is 0 Å². The van der Waals surface area contributed by atoms with Gasteiger partial charge in [0.25, 0.3) is 0 Å². The molecule has 2 N–H and O–H groups in total. The maximum atomic E-state index is 14.3. The average Bonchev–Trinajstić information content (AvgIpc) is 3.46. The quantitative estimate of drug-likeness (QED) is 0.436. The maximum Gasteiger partial charge on any atom is 0.434 e. The summed E-state index contributed by atoms with van der Waals surface area (Å²) in [5.41, 5.74) is -0.947. The van der Waals surface area contributed by atoms with Crippen LogP contribution in [-0.4, -0.2) is 64.7 Å². The zero-order valence-corrected chi connectivity index (χ0v) is 19.8. The number of rotatable bonds is 7. The molecule has 2 atom stereocenters. The number of hydrogen-bond donors (Lipinski definition) is 2. The molecular weight excluding hydrogens is 527 g/mol. The number of hydrogen-bond acceptors (Lipinski definition) is 7. The topological polar surface area (TPSA) is 130 Å². The Morgan fingerprint density at radius 1 is 1.22 bits per heavy atom. The number of methoxy groups -OCH3 is 1. The summed E-state index contributed by atoms with van der Waals surface area (Å²) in [4.78, 5) is 19.7. The Bertz CT molecular complexity index is 1380. The monoisotopic (exact) mass is 546 g/mol. The molecule has 1 saturated heterocycles. The number of H-pyrrole nitrogens is 1. The molecule has 3 aromatic rings. The van der Waals surface area contributed by atoms with Gasteiger partial charge in [0.1, 0.15) is 23.7 Å². The smallest absolute Gasteiger partial charge is 0.434 e. The Labute approximate surface area is 206 Å². The minimum Gasteiger partial charge on any atom is -0.480 e. The van der Waals surface area contributed by atoms with Crippen LogP contribution in [0.1, 0.15) is 17.7 Å². The molecule has 198 valence electrons. The van der Waals surface area contributed by atoms with Gasteiger partial charge in [0.2, 0.25) is 21.8 Å². The van der Waals surface area contributed by atoms with Crippen LogP contribution in [0, 0.1) is 5.82 Å². The van der Waals surface area contributed by atoms with E-state index in [9.17, 15) is 35.2 Å². The lowest BCUT2D eigenvalue weighted by Crippen LogP contribution is -2.45. The number of carbonyl (C=O) groups is 1. The number of alkyl halides is 4. The highest BCUT2D eigenvalue weighted by Gasteiger charge is 2.44. The van der Waals surface area contributed by atoms with E-state index in [2.05, 4.69) is 25.5 Å². The SMILES string of the molecule is COc1n[nH]c(-c2cnc(C(F)(F)F)cn2)c1CNC(=O)[C@@H]1C[C@@H](F)CN1S(=O)(=O)c1ccc(F)cc1. The molecule has 0 unspecified atom stereocenters. The van der Waals surface area contributed by atoms with Crippen LogP contribution in [0.2, 0.25) is 0 Å². The number of benzene rings is 1. The summed E-state index contributed by atoms with van der Waals surface area (Å²) in [7, 11) is -3.05. The molecule has 1 fully saturated rings. The molecule has 3 heterocycles. The number of carbonyl (C=O) groups excluding carboxylic acids is 1. The highest BCUT2D eigenvalue weighted by molar-refractivity contribution is 7.89. The number of nitrogens with zero attached hydrogens (tertiary/aromatic N) is 4. The summed E-state index contributed by atoms with van der Waals surface area (Å²) in [5.74, 6) is -1.51. The minimum atomic E-state index is -4.69. The van der Waals surface area contributed by atoms with Gasteiger partial charge in [-0.15, -0.1) is 5.10 Å². The number of aromatic nitrogens is 4. The second-order valence-corrected chi connectivity index (χ2v) is 9.86.